The molecule has 1 fully saturated rings. The van der Waals surface area contributed by atoms with Crippen LogP contribution in [0.2, 0.25) is 0 Å². The van der Waals surface area contributed by atoms with Gasteiger partial charge in [-0.3, -0.25) is 0 Å². The fourth-order valence-corrected chi connectivity index (χ4v) is 2.59. The molecule has 1 aliphatic heterocycles. The van der Waals surface area contributed by atoms with Gasteiger partial charge in [0, 0.05) is 30.5 Å². The molecule has 18 heavy (non-hydrogen) atoms. The summed E-state index contributed by atoms with van der Waals surface area (Å²) >= 11 is 0. The van der Waals surface area contributed by atoms with Gasteiger partial charge < -0.3 is 10.2 Å². The van der Waals surface area contributed by atoms with Crippen LogP contribution >= 0.6 is 0 Å². The van der Waals surface area contributed by atoms with E-state index >= 15 is 0 Å². The second-order valence-corrected chi connectivity index (χ2v) is 5.23. The minimum absolute atomic E-state index is 0.527. The Hall–Kier alpha value is -1.16. The van der Waals surface area contributed by atoms with Gasteiger partial charge in [-0.15, -0.1) is 0 Å². The summed E-state index contributed by atoms with van der Waals surface area (Å²) in [6.07, 6.45) is 3.63. The summed E-state index contributed by atoms with van der Waals surface area (Å²) in [6, 6.07) is 2.54. The van der Waals surface area contributed by atoms with Crippen molar-refractivity contribution in [2.24, 2.45) is 0 Å². The number of rotatable bonds is 4. The Morgan fingerprint density at radius 2 is 1.83 bits per heavy atom. The highest BCUT2D eigenvalue weighted by Crippen LogP contribution is 2.15. The number of aromatic nitrogens is 2. The van der Waals surface area contributed by atoms with Crippen LogP contribution in [-0.4, -0.2) is 40.5 Å². The van der Waals surface area contributed by atoms with Crippen molar-refractivity contribution < 1.29 is 0 Å². The molecule has 0 amide bonds. The Kier molecular flexibility index (Phi) is 4.53. The zero-order valence-corrected chi connectivity index (χ0v) is 11.7. The Labute approximate surface area is 110 Å². The van der Waals surface area contributed by atoms with Crippen LogP contribution in [0.4, 0.5) is 5.95 Å². The Balaban J connectivity index is 1.87. The first-order valence-electron chi connectivity index (χ1n) is 6.98. The maximum atomic E-state index is 4.45. The van der Waals surface area contributed by atoms with Crippen molar-refractivity contribution in [1.29, 1.82) is 0 Å². The average molecular weight is 248 g/mol. The third kappa shape index (κ3) is 3.67. The highest BCUT2D eigenvalue weighted by Gasteiger charge is 2.19. The third-order valence-corrected chi connectivity index (χ3v) is 3.44. The van der Waals surface area contributed by atoms with Gasteiger partial charge in [-0.05, 0) is 45.7 Å². The molecule has 100 valence electrons. The van der Waals surface area contributed by atoms with E-state index in [4.69, 9.17) is 0 Å². The summed E-state index contributed by atoms with van der Waals surface area (Å²) in [6.45, 7) is 9.89. The number of hydrogen-bond donors (Lipinski definition) is 1. The molecular formula is C14H24N4. The maximum Gasteiger partial charge on any atom is 0.223 e. The molecule has 1 aromatic heterocycles. The van der Waals surface area contributed by atoms with Crippen molar-refractivity contribution in [3.8, 4) is 0 Å². The van der Waals surface area contributed by atoms with Gasteiger partial charge in [0.05, 0.1) is 0 Å². The molecule has 4 nitrogen and oxygen atoms in total. The molecule has 1 N–H and O–H groups in total. The summed E-state index contributed by atoms with van der Waals surface area (Å²) < 4.78 is 0. The summed E-state index contributed by atoms with van der Waals surface area (Å²) in [5.41, 5.74) is 2.07. The van der Waals surface area contributed by atoms with Gasteiger partial charge in [-0.25, -0.2) is 9.97 Å². The van der Waals surface area contributed by atoms with Crippen LogP contribution in [0.5, 0.6) is 0 Å². The molecule has 1 aromatic rings. The molecule has 0 spiro atoms. The van der Waals surface area contributed by atoms with E-state index in [1.165, 1.54) is 38.9 Å². The van der Waals surface area contributed by atoms with E-state index in [-0.39, 0.29) is 0 Å². The van der Waals surface area contributed by atoms with Crippen LogP contribution in [0.25, 0.3) is 0 Å². The first-order valence-corrected chi connectivity index (χ1v) is 6.98. The molecule has 1 aliphatic rings. The number of hydrogen-bond acceptors (Lipinski definition) is 4. The van der Waals surface area contributed by atoms with Gasteiger partial charge in [0.15, 0.2) is 0 Å². The normalized spacial score (nSPS) is 17.9. The van der Waals surface area contributed by atoms with Crippen molar-refractivity contribution >= 4 is 5.95 Å². The third-order valence-electron chi connectivity index (χ3n) is 3.44. The van der Waals surface area contributed by atoms with Gasteiger partial charge >= 0.3 is 0 Å². The first kappa shape index (κ1) is 13.3. The van der Waals surface area contributed by atoms with Crippen LogP contribution in [0.15, 0.2) is 6.07 Å². The van der Waals surface area contributed by atoms with Gasteiger partial charge in [0.2, 0.25) is 5.95 Å². The molecule has 0 atom stereocenters. The summed E-state index contributed by atoms with van der Waals surface area (Å²) in [4.78, 5) is 11.4. The molecule has 0 bridgehead atoms. The molecule has 2 heterocycles. The van der Waals surface area contributed by atoms with Crippen molar-refractivity contribution in [3.63, 3.8) is 0 Å². The fraction of sp³-hybridized carbons (Fsp3) is 0.714. The molecular weight excluding hydrogens is 224 g/mol. The van der Waals surface area contributed by atoms with E-state index in [9.17, 15) is 0 Å². The molecule has 0 saturated carbocycles. The first-order chi connectivity index (χ1) is 8.67. The molecule has 4 heteroatoms. The van der Waals surface area contributed by atoms with Crippen molar-refractivity contribution in [2.75, 3.05) is 25.0 Å². The Morgan fingerprint density at radius 1 is 1.22 bits per heavy atom. The molecule has 0 aliphatic carbocycles. The maximum absolute atomic E-state index is 4.45. The minimum Gasteiger partial charge on any atom is -0.351 e. The minimum atomic E-state index is 0.527. The van der Waals surface area contributed by atoms with E-state index in [1.807, 2.05) is 19.9 Å². The lowest BCUT2D eigenvalue weighted by Crippen LogP contribution is -2.39. The van der Waals surface area contributed by atoms with Crippen molar-refractivity contribution in [2.45, 2.75) is 46.1 Å². The molecule has 0 aromatic carbocycles. The van der Waals surface area contributed by atoms with Crippen molar-refractivity contribution in [1.82, 2.24) is 14.9 Å². The van der Waals surface area contributed by atoms with Crippen LogP contribution in [-0.2, 0) is 0 Å². The smallest absolute Gasteiger partial charge is 0.223 e. The lowest BCUT2D eigenvalue weighted by atomic mass is 10.1. The number of likely N-dealkylation sites (tertiary alicyclic amines) is 1. The molecule has 2 rings (SSSR count). The quantitative estimate of drug-likeness (QED) is 0.888. The van der Waals surface area contributed by atoms with Gasteiger partial charge in [0.1, 0.15) is 0 Å². The monoisotopic (exact) mass is 248 g/mol. The Bertz CT molecular complexity index is 363. The predicted molar refractivity (Wildman–Crippen MR) is 74.9 cm³/mol. The average Bonchev–Trinajstić information content (AvgIpc) is 2.31. The predicted octanol–water partition coefficient (Wildman–Crippen LogP) is 2.38. The van der Waals surface area contributed by atoms with Gasteiger partial charge in [0.25, 0.3) is 0 Å². The van der Waals surface area contributed by atoms with Gasteiger partial charge in [-0.2, -0.15) is 0 Å². The van der Waals surface area contributed by atoms with Crippen LogP contribution in [0, 0.1) is 13.8 Å². The van der Waals surface area contributed by atoms with Crippen LogP contribution in [0.1, 0.15) is 37.6 Å². The fourth-order valence-electron chi connectivity index (χ4n) is 2.59. The zero-order valence-electron chi connectivity index (χ0n) is 11.7. The highest BCUT2D eigenvalue weighted by atomic mass is 15.2. The summed E-state index contributed by atoms with van der Waals surface area (Å²) in [7, 11) is 0. The van der Waals surface area contributed by atoms with E-state index in [0.29, 0.717) is 6.04 Å². The number of anilines is 1. The van der Waals surface area contributed by atoms with Crippen molar-refractivity contribution in [3.05, 3.63) is 17.5 Å². The molecule has 1 saturated heterocycles. The molecule has 0 unspecified atom stereocenters. The second kappa shape index (κ2) is 6.14. The lowest BCUT2D eigenvalue weighted by molar-refractivity contribution is 0.219. The Morgan fingerprint density at radius 3 is 2.39 bits per heavy atom. The second-order valence-electron chi connectivity index (χ2n) is 5.23. The summed E-state index contributed by atoms with van der Waals surface area (Å²) in [5, 5.41) is 3.48. The van der Waals surface area contributed by atoms with Gasteiger partial charge in [-0.1, -0.05) is 6.92 Å². The lowest BCUT2D eigenvalue weighted by Gasteiger charge is -2.32. The standard InChI is InChI=1S/C14H24N4/c1-4-7-18-8-5-13(6-9-18)17-14-15-11(2)10-12(3)16-14/h10,13H,4-9H2,1-3H3,(H,15,16,17). The molecule has 0 radical (unpaired) electrons. The SMILES string of the molecule is CCCN1CCC(Nc2nc(C)cc(C)n2)CC1. The van der Waals surface area contributed by atoms with Crippen LogP contribution < -0.4 is 5.32 Å². The van der Waals surface area contributed by atoms with E-state index in [0.717, 1.165) is 17.3 Å². The van der Waals surface area contributed by atoms with Crippen LogP contribution in [0.3, 0.4) is 0 Å². The highest BCUT2D eigenvalue weighted by molar-refractivity contribution is 5.29. The summed E-state index contributed by atoms with van der Waals surface area (Å²) in [5.74, 6) is 0.793. The van der Waals surface area contributed by atoms with E-state index in [2.05, 4.69) is 27.1 Å². The number of nitrogens with zero attached hydrogens (tertiary/aromatic N) is 3. The van der Waals surface area contributed by atoms with E-state index < -0.39 is 0 Å². The largest absolute Gasteiger partial charge is 0.351 e. The topological polar surface area (TPSA) is 41.0 Å². The van der Waals surface area contributed by atoms with E-state index in [1.54, 1.807) is 0 Å². The number of aryl methyl sites for hydroxylation is 2. The number of nitrogens with one attached hydrogen (secondary N) is 1. The zero-order chi connectivity index (χ0) is 13.0. The number of piperidine rings is 1.